The number of ether oxygens (including phenoxy) is 2. The lowest BCUT2D eigenvalue weighted by Crippen LogP contribution is -2.35. The fourth-order valence-corrected chi connectivity index (χ4v) is 2.47. The van der Waals surface area contributed by atoms with Gasteiger partial charge in [-0.05, 0) is 44.2 Å². The molecule has 2 atom stereocenters. The number of esters is 1. The van der Waals surface area contributed by atoms with Crippen LogP contribution in [0.4, 0.5) is 5.69 Å². The number of para-hydroxylation sites is 1. The van der Waals surface area contributed by atoms with E-state index in [1.165, 1.54) is 6.92 Å². The van der Waals surface area contributed by atoms with Gasteiger partial charge in [-0.3, -0.25) is 4.79 Å². The van der Waals surface area contributed by atoms with Crippen LogP contribution >= 0.6 is 23.2 Å². The van der Waals surface area contributed by atoms with E-state index in [9.17, 15) is 9.59 Å². The summed E-state index contributed by atoms with van der Waals surface area (Å²) in [5.74, 6) is -0.605. The molecule has 5 nitrogen and oxygen atoms in total. The second kappa shape index (κ2) is 8.74. The van der Waals surface area contributed by atoms with Gasteiger partial charge in [-0.2, -0.15) is 0 Å². The molecule has 132 valence electrons. The second-order valence-corrected chi connectivity index (χ2v) is 6.17. The van der Waals surface area contributed by atoms with Crippen LogP contribution in [0.25, 0.3) is 0 Å². The smallest absolute Gasteiger partial charge is 0.347 e. The van der Waals surface area contributed by atoms with Crippen molar-refractivity contribution in [2.75, 3.05) is 5.32 Å². The molecule has 1 amide bonds. The Kier molecular flexibility index (Phi) is 6.67. The van der Waals surface area contributed by atoms with Crippen molar-refractivity contribution in [3.05, 3.63) is 58.6 Å². The minimum Gasteiger partial charge on any atom is -0.479 e. The fourth-order valence-electron chi connectivity index (χ4n) is 1.94. The SMILES string of the molecule is C[C@H](OC(=O)[C@H](C)Oc1ccccc1)C(=O)Nc1cc(Cl)cc(Cl)c1. The number of benzene rings is 2. The monoisotopic (exact) mass is 381 g/mol. The molecular weight excluding hydrogens is 365 g/mol. The molecule has 2 rings (SSSR count). The zero-order chi connectivity index (χ0) is 18.4. The summed E-state index contributed by atoms with van der Waals surface area (Å²) in [6.45, 7) is 3.02. The molecule has 0 heterocycles. The lowest BCUT2D eigenvalue weighted by atomic mass is 10.3. The average Bonchev–Trinajstić information content (AvgIpc) is 2.54. The van der Waals surface area contributed by atoms with Crippen LogP contribution in [0.2, 0.25) is 10.0 Å². The van der Waals surface area contributed by atoms with Crippen LogP contribution < -0.4 is 10.1 Å². The lowest BCUT2D eigenvalue weighted by molar-refractivity contribution is -0.159. The van der Waals surface area contributed by atoms with Gasteiger partial charge in [0.05, 0.1) is 0 Å². The number of carbonyl (C=O) groups is 2. The summed E-state index contributed by atoms with van der Waals surface area (Å²) >= 11 is 11.8. The van der Waals surface area contributed by atoms with Gasteiger partial charge in [-0.15, -0.1) is 0 Å². The molecule has 0 unspecified atom stereocenters. The van der Waals surface area contributed by atoms with Gasteiger partial charge in [0.2, 0.25) is 0 Å². The standard InChI is InChI=1S/C18H17Cl2NO4/c1-11(17(22)21-15-9-13(19)8-14(20)10-15)25-18(23)12(2)24-16-6-4-3-5-7-16/h3-12H,1-2H3,(H,21,22)/t11-,12-/m0/s1. The highest BCUT2D eigenvalue weighted by Crippen LogP contribution is 2.22. The molecule has 2 aromatic carbocycles. The first-order valence-electron chi connectivity index (χ1n) is 7.54. The quantitative estimate of drug-likeness (QED) is 0.756. The van der Waals surface area contributed by atoms with Crippen molar-refractivity contribution in [3.8, 4) is 5.75 Å². The summed E-state index contributed by atoms with van der Waals surface area (Å²) in [6.07, 6.45) is -1.86. The summed E-state index contributed by atoms with van der Waals surface area (Å²) in [4.78, 5) is 24.2. The summed E-state index contributed by atoms with van der Waals surface area (Å²) < 4.78 is 10.6. The maximum atomic E-state index is 12.1. The van der Waals surface area contributed by atoms with Crippen LogP contribution in [0.5, 0.6) is 5.75 Å². The second-order valence-electron chi connectivity index (χ2n) is 5.30. The van der Waals surface area contributed by atoms with E-state index < -0.39 is 24.1 Å². The fraction of sp³-hybridized carbons (Fsp3) is 0.222. The van der Waals surface area contributed by atoms with Crippen molar-refractivity contribution in [2.45, 2.75) is 26.1 Å². The van der Waals surface area contributed by atoms with Gasteiger partial charge in [-0.25, -0.2) is 4.79 Å². The normalized spacial score (nSPS) is 12.8. The maximum absolute atomic E-state index is 12.1. The first-order chi connectivity index (χ1) is 11.8. The number of halogens is 2. The topological polar surface area (TPSA) is 64.6 Å². The average molecular weight is 382 g/mol. The molecule has 2 aromatic rings. The number of anilines is 1. The molecule has 0 aliphatic carbocycles. The van der Waals surface area contributed by atoms with Crippen LogP contribution in [0.15, 0.2) is 48.5 Å². The Morgan fingerprint density at radius 1 is 0.960 bits per heavy atom. The van der Waals surface area contributed by atoms with Crippen LogP contribution in [0.3, 0.4) is 0 Å². The van der Waals surface area contributed by atoms with Crippen LogP contribution in [0.1, 0.15) is 13.8 Å². The molecule has 0 aliphatic heterocycles. The van der Waals surface area contributed by atoms with Crippen molar-refractivity contribution >= 4 is 40.8 Å². The number of hydrogen-bond donors (Lipinski definition) is 1. The molecular formula is C18H17Cl2NO4. The maximum Gasteiger partial charge on any atom is 0.347 e. The number of nitrogens with one attached hydrogen (secondary N) is 1. The van der Waals surface area contributed by atoms with Crippen molar-refractivity contribution in [2.24, 2.45) is 0 Å². The van der Waals surface area contributed by atoms with Gasteiger partial charge in [0.1, 0.15) is 5.75 Å². The third-order valence-corrected chi connectivity index (χ3v) is 3.62. The Hall–Kier alpha value is -2.24. The Morgan fingerprint density at radius 3 is 2.16 bits per heavy atom. The van der Waals surface area contributed by atoms with E-state index in [0.29, 0.717) is 21.5 Å². The molecule has 0 radical (unpaired) electrons. The summed E-state index contributed by atoms with van der Waals surface area (Å²) in [6, 6.07) is 13.5. The van der Waals surface area contributed by atoms with Gasteiger partial charge in [-0.1, -0.05) is 41.4 Å². The zero-order valence-corrected chi connectivity index (χ0v) is 15.2. The first-order valence-corrected chi connectivity index (χ1v) is 8.30. The third kappa shape index (κ3) is 5.96. The summed E-state index contributed by atoms with van der Waals surface area (Å²) in [5.41, 5.74) is 0.416. The van der Waals surface area contributed by atoms with E-state index in [-0.39, 0.29) is 0 Å². The van der Waals surface area contributed by atoms with Gasteiger partial charge >= 0.3 is 5.97 Å². The van der Waals surface area contributed by atoms with Crippen molar-refractivity contribution in [3.63, 3.8) is 0 Å². The third-order valence-electron chi connectivity index (χ3n) is 3.18. The first kappa shape index (κ1) is 19.1. The van der Waals surface area contributed by atoms with Crippen LogP contribution in [-0.4, -0.2) is 24.1 Å². The van der Waals surface area contributed by atoms with E-state index in [0.717, 1.165) is 0 Å². The highest BCUT2D eigenvalue weighted by molar-refractivity contribution is 6.35. The zero-order valence-electron chi connectivity index (χ0n) is 13.7. The van der Waals surface area contributed by atoms with Crippen LogP contribution in [-0.2, 0) is 14.3 Å². The minimum atomic E-state index is -1.01. The predicted octanol–water partition coefficient (Wildman–Crippen LogP) is 4.33. The highest BCUT2D eigenvalue weighted by atomic mass is 35.5. The lowest BCUT2D eigenvalue weighted by Gasteiger charge is -2.18. The molecule has 7 heteroatoms. The van der Waals surface area contributed by atoms with E-state index in [1.54, 1.807) is 49.4 Å². The predicted molar refractivity (Wildman–Crippen MR) is 97.2 cm³/mol. The Morgan fingerprint density at radius 2 is 1.56 bits per heavy atom. The molecule has 0 bridgehead atoms. The van der Waals surface area contributed by atoms with Gasteiger partial charge in [0.15, 0.2) is 12.2 Å². The molecule has 0 saturated carbocycles. The van der Waals surface area contributed by atoms with Gasteiger partial charge in [0, 0.05) is 15.7 Å². The van der Waals surface area contributed by atoms with E-state index in [2.05, 4.69) is 5.32 Å². The number of hydrogen-bond acceptors (Lipinski definition) is 4. The summed E-state index contributed by atoms with van der Waals surface area (Å²) in [7, 11) is 0. The van der Waals surface area contributed by atoms with Crippen molar-refractivity contribution in [1.82, 2.24) is 0 Å². The van der Waals surface area contributed by atoms with Crippen molar-refractivity contribution < 1.29 is 19.1 Å². The highest BCUT2D eigenvalue weighted by Gasteiger charge is 2.23. The molecule has 1 N–H and O–H groups in total. The van der Waals surface area contributed by atoms with Crippen LogP contribution in [0, 0.1) is 0 Å². The number of amides is 1. The van der Waals surface area contributed by atoms with Crippen molar-refractivity contribution in [1.29, 1.82) is 0 Å². The summed E-state index contributed by atoms with van der Waals surface area (Å²) in [5, 5.41) is 3.36. The van der Waals surface area contributed by atoms with Gasteiger partial charge in [0.25, 0.3) is 5.91 Å². The Bertz CT molecular complexity index is 732. The van der Waals surface area contributed by atoms with E-state index in [1.807, 2.05) is 6.07 Å². The Labute approximate surface area is 155 Å². The number of carbonyl (C=O) groups excluding carboxylic acids is 2. The Balaban J connectivity index is 1.90. The molecule has 0 fully saturated rings. The van der Waals surface area contributed by atoms with E-state index in [4.69, 9.17) is 32.7 Å². The minimum absolute atomic E-state index is 0.386. The van der Waals surface area contributed by atoms with Gasteiger partial charge < -0.3 is 14.8 Å². The van der Waals surface area contributed by atoms with E-state index >= 15 is 0 Å². The molecule has 0 aliphatic rings. The largest absolute Gasteiger partial charge is 0.479 e. The molecule has 0 spiro atoms. The molecule has 0 aromatic heterocycles. The molecule has 0 saturated heterocycles. The number of rotatable bonds is 6. The molecule has 25 heavy (non-hydrogen) atoms.